The Morgan fingerprint density at radius 2 is 1.59 bits per heavy atom. The summed E-state index contributed by atoms with van der Waals surface area (Å²) in [4.78, 5) is 38.3. The molecule has 2 aromatic carbocycles. The zero-order valence-corrected chi connectivity index (χ0v) is 16.6. The third-order valence-corrected chi connectivity index (χ3v) is 4.84. The van der Waals surface area contributed by atoms with Crippen molar-refractivity contribution in [2.24, 2.45) is 0 Å². The second kappa shape index (κ2) is 6.88. The van der Waals surface area contributed by atoms with Gasteiger partial charge in [0, 0.05) is 35.0 Å². The number of fused-ring (bicyclic) bond motifs is 5. The van der Waals surface area contributed by atoms with Crippen LogP contribution in [0, 0.1) is 0 Å². The fraction of sp³-hybridized carbons (Fsp3) is 0.261. The Hall–Kier alpha value is -3.41. The number of hydrogen-bond acceptors (Lipinski definition) is 4. The lowest BCUT2D eigenvalue weighted by atomic mass is 10.0. The third kappa shape index (κ3) is 3.31. The summed E-state index contributed by atoms with van der Waals surface area (Å²) in [6.45, 7) is 5.80. The minimum Gasteiger partial charge on any atom is -0.444 e. The Morgan fingerprint density at radius 1 is 0.966 bits per heavy atom. The largest absolute Gasteiger partial charge is 0.444 e. The molecule has 0 aliphatic heterocycles. The molecule has 1 amide bonds. The summed E-state index contributed by atoms with van der Waals surface area (Å²) in [5, 5.41) is 3.83. The molecule has 1 N–H and O–H groups in total. The number of carbonyl (C=O) groups is 2. The average molecular weight is 390 g/mol. The Balaban J connectivity index is 1.78. The van der Waals surface area contributed by atoms with Gasteiger partial charge in [-0.25, -0.2) is 4.79 Å². The Morgan fingerprint density at radius 3 is 2.28 bits per heavy atom. The van der Waals surface area contributed by atoms with Gasteiger partial charge in [-0.15, -0.1) is 0 Å². The number of rotatable bonds is 3. The number of hydrogen-bond donors (Lipinski definition) is 1. The van der Waals surface area contributed by atoms with Crippen LogP contribution in [0.5, 0.6) is 0 Å². The number of amides is 1. The van der Waals surface area contributed by atoms with Crippen molar-refractivity contribution >= 4 is 22.6 Å². The number of nitrogens with one attached hydrogen (secondary N) is 1. The predicted molar refractivity (Wildman–Crippen MR) is 111 cm³/mol. The molecule has 1 aromatic heterocycles. The van der Waals surface area contributed by atoms with Crippen molar-refractivity contribution in [1.29, 1.82) is 0 Å². The zero-order chi connectivity index (χ0) is 20.8. The lowest BCUT2D eigenvalue weighted by Gasteiger charge is -2.20. The van der Waals surface area contributed by atoms with Gasteiger partial charge in [0.15, 0.2) is 5.78 Å². The number of alkyl carbamates (subject to hydrolysis) is 1. The maximum absolute atomic E-state index is 13.2. The average Bonchev–Trinajstić information content (AvgIpc) is 2.96. The molecule has 1 heterocycles. The Kier molecular flexibility index (Phi) is 4.49. The molecule has 6 heteroatoms. The highest BCUT2D eigenvalue weighted by molar-refractivity contribution is 6.26. The quantitative estimate of drug-likeness (QED) is 0.578. The minimum atomic E-state index is -0.601. The molecule has 0 bridgehead atoms. The van der Waals surface area contributed by atoms with Crippen molar-refractivity contribution < 1.29 is 14.3 Å². The van der Waals surface area contributed by atoms with Gasteiger partial charge in [-0.3, -0.25) is 9.59 Å². The summed E-state index contributed by atoms with van der Waals surface area (Å²) in [5.41, 5.74) is 1.70. The van der Waals surface area contributed by atoms with E-state index in [9.17, 15) is 14.4 Å². The summed E-state index contributed by atoms with van der Waals surface area (Å²) in [5.74, 6) is -0.0827. The van der Waals surface area contributed by atoms with Crippen LogP contribution < -0.4 is 10.9 Å². The van der Waals surface area contributed by atoms with Gasteiger partial charge in [0.1, 0.15) is 5.60 Å². The van der Waals surface area contributed by atoms with Crippen molar-refractivity contribution in [3.8, 4) is 11.3 Å². The van der Waals surface area contributed by atoms with Gasteiger partial charge in [-0.2, -0.15) is 0 Å². The molecule has 0 atom stereocenters. The molecule has 0 saturated heterocycles. The molecule has 29 heavy (non-hydrogen) atoms. The van der Waals surface area contributed by atoms with E-state index in [1.54, 1.807) is 43.5 Å². The van der Waals surface area contributed by atoms with Crippen LogP contribution in [0.2, 0.25) is 0 Å². The highest BCUT2D eigenvalue weighted by Gasteiger charge is 2.32. The first-order valence-corrected chi connectivity index (χ1v) is 9.54. The van der Waals surface area contributed by atoms with E-state index in [1.165, 1.54) is 0 Å². The standard InChI is InChI=1S/C23H22N2O4/c1-23(2,3)29-22(28)24-12-13-25-19-15-9-5-6-10-16(15)20(26)18(19)14-8-4-7-11-17(14)21(25)27/h4-11H,12-13H2,1-3H3,(H,24,28). The number of aromatic nitrogens is 1. The molecule has 0 fully saturated rings. The van der Waals surface area contributed by atoms with E-state index >= 15 is 0 Å². The zero-order valence-electron chi connectivity index (χ0n) is 16.6. The van der Waals surface area contributed by atoms with E-state index in [4.69, 9.17) is 4.74 Å². The van der Waals surface area contributed by atoms with Crippen LogP contribution in [0.25, 0.3) is 22.0 Å². The van der Waals surface area contributed by atoms with Gasteiger partial charge in [0.25, 0.3) is 5.56 Å². The normalized spacial score (nSPS) is 12.6. The fourth-order valence-electron chi connectivity index (χ4n) is 3.73. The molecule has 148 valence electrons. The fourth-order valence-corrected chi connectivity index (χ4v) is 3.73. The molecule has 0 radical (unpaired) electrons. The molecule has 3 aromatic rings. The van der Waals surface area contributed by atoms with E-state index in [1.807, 2.05) is 30.3 Å². The van der Waals surface area contributed by atoms with Gasteiger partial charge in [-0.1, -0.05) is 42.5 Å². The minimum absolute atomic E-state index is 0.0827. The third-order valence-electron chi connectivity index (χ3n) is 4.84. The summed E-state index contributed by atoms with van der Waals surface area (Å²) in [6.07, 6.45) is -0.542. The van der Waals surface area contributed by atoms with Crippen LogP contribution >= 0.6 is 0 Å². The molecule has 0 unspecified atom stereocenters. The van der Waals surface area contributed by atoms with Gasteiger partial charge in [0.05, 0.1) is 11.3 Å². The summed E-state index contributed by atoms with van der Waals surface area (Å²) in [6, 6.07) is 14.4. The maximum Gasteiger partial charge on any atom is 0.407 e. The van der Waals surface area contributed by atoms with Crippen LogP contribution in [0.4, 0.5) is 4.79 Å². The molecule has 0 spiro atoms. The second-order valence-electron chi connectivity index (χ2n) is 8.03. The lowest BCUT2D eigenvalue weighted by Crippen LogP contribution is -2.36. The molecule has 6 nitrogen and oxygen atoms in total. The van der Waals surface area contributed by atoms with Crippen molar-refractivity contribution in [2.75, 3.05) is 6.54 Å². The van der Waals surface area contributed by atoms with Crippen LogP contribution in [-0.2, 0) is 11.3 Å². The first-order chi connectivity index (χ1) is 13.8. The van der Waals surface area contributed by atoms with Crippen LogP contribution in [0.15, 0.2) is 53.3 Å². The van der Waals surface area contributed by atoms with E-state index in [0.29, 0.717) is 27.6 Å². The molecule has 0 saturated carbocycles. The Bertz CT molecular complexity index is 1200. The van der Waals surface area contributed by atoms with E-state index in [2.05, 4.69) is 5.32 Å². The molecule has 1 aliphatic rings. The van der Waals surface area contributed by atoms with E-state index in [-0.39, 0.29) is 24.4 Å². The molecular formula is C23H22N2O4. The first kappa shape index (κ1) is 18.9. The number of nitrogens with zero attached hydrogens (tertiary/aromatic N) is 1. The van der Waals surface area contributed by atoms with Crippen molar-refractivity contribution in [3.05, 3.63) is 70.0 Å². The monoisotopic (exact) mass is 390 g/mol. The van der Waals surface area contributed by atoms with Crippen LogP contribution in [0.1, 0.15) is 36.7 Å². The number of benzene rings is 2. The SMILES string of the molecule is CC(C)(C)OC(=O)NCCn1c2c(c3ccccc3c1=O)C(=O)c1ccccc1-2. The lowest BCUT2D eigenvalue weighted by molar-refractivity contribution is 0.0526. The second-order valence-corrected chi connectivity index (χ2v) is 8.03. The highest BCUT2D eigenvalue weighted by atomic mass is 16.6. The summed E-state index contributed by atoms with van der Waals surface area (Å²) < 4.78 is 6.83. The van der Waals surface area contributed by atoms with E-state index < -0.39 is 11.7 Å². The van der Waals surface area contributed by atoms with Crippen molar-refractivity contribution in [3.63, 3.8) is 0 Å². The topological polar surface area (TPSA) is 77.4 Å². The van der Waals surface area contributed by atoms with Gasteiger partial charge in [0.2, 0.25) is 0 Å². The summed E-state index contributed by atoms with van der Waals surface area (Å²) >= 11 is 0. The summed E-state index contributed by atoms with van der Waals surface area (Å²) in [7, 11) is 0. The number of carbonyl (C=O) groups excluding carboxylic acids is 2. The van der Waals surface area contributed by atoms with E-state index in [0.717, 1.165) is 5.56 Å². The molecular weight excluding hydrogens is 368 g/mol. The first-order valence-electron chi connectivity index (χ1n) is 9.54. The molecule has 4 rings (SSSR count). The van der Waals surface area contributed by atoms with Crippen molar-refractivity contribution in [2.45, 2.75) is 32.9 Å². The molecule has 1 aliphatic carbocycles. The number of pyridine rings is 1. The van der Waals surface area contributed by atoms with Gasteiger partial charge < -0.3 is 14.6 Å². The maximum atomic E-state index is 13.2. The predicted octanol–water partition coefficient (Wildman–Crippen LogP) is 3.74. The highest BCUT2D eigenvalue weighted by Crippen LogP contribution is 2.38. The Labute approximate surface area is 168 Å². The van der Waals surface area contributed by atoms with Gasteiger partial charge >= 0.3 is 6.09 Å². The van der Waals surface area contributed by atoms with Crippen molar-refractivity contribution in [1.82, 2.24) is 9.88 Å². The van der Waals surface area contributed by atoms with Crippen LogP contribution in [0.3, 0.4) is 0 Å². The van der Waals surface area contributed by atoms with Gasteiger partial charge in [-0.05, 0) is 26.8 Å². The smallest absolute Gasteiger partial charge is 0.407 e. The number of ketones is 1. The number of ether oxygens (including phenoxy) is 1. The van der Waals surface area contributed by atoms with Crippen LogP contribution in [-0.4, -0.2) is 28.6 Å².